The van der Waals surface area contributed by atoms with Crippen molar-refractivity contribution in [3.8, 4) is 22.9 Å². The van der Waals surface area contributed by atoms with Crippen molar-refractivity contribution in [2.24, 2.45) is 0 Å². The molecule has 0 bridgehead atoms. The number of hydrogen-bond acceptors (Lipinski definition) is 7. The number of thiazole rings is 1. The smallest absolute Gasteiger partial charge is 0.416 e. The van der Waals surface area contributed by atoms with E-state index < -0.39 is 11.7 Å². The van der Waals surface area contributed by atoms with Crippen LogP contribution >= 0.6 is 11.3 Å². The van der Waals surface area contributed by atoms with Gasteiger partial charge in [0.05, 0.1) is 16.0 Å². The van der Waals surface area contributed by atoms with E-state index in [9.17, 15) is 18.0 Å². The number of aromatic nitrogens is 3. The number of nitrogens with zero attached hydrogens (tertiary/aromatic N) is 4. The lowest BCUT2D eigenvalue weighted by atomic mass is 10.0. The topological polar surface area (TPSA) is 80.2 Å². The van der Waals surface area contributed by atoms with E-state index in [1.54, 1.807) is 12.1 Å². The van der Waals surface area contributed by atoms with Crippen LogP contribution in [0.4, 0.5) is 18.3 Å². The van der Waals surface area contributed by atoms with Gasteiger partial charge in [-0.15, -0.1) is 0 Å². The van der Waals surface area contributed by atoms with Gasteiger partial charge >= 0.3 is 6.18 Å². The number of hydrogen-bond donors (Lipinski definition) is 1. The van der Waals surface area contributed by atoms with E-state index in [2.05, 4.69) is 40.1 Å². The number of rotatable bonds is 6. The Hall–Kier alpha value is -3.83. The molecule has 5 rings (SSSR count). The second-order valence-corrected chi connectivity index (χ2v) is 10.5. The molecular weight excluding hydrogens is 527 g/mol. The summed E-state index contributed by atoms with van der Waals surface area (Å²) in [5.41, 5.74) is 1.74. The van der Waals surface area contributed by atoms with Crippen molar-refractivity contribution in [2.45, 2.75) is 39.4 Å². The fraction of sp³-hybridized carbons (Fsp3) is 0.286. The van der Waals surface area contributed by atoms with Gasteiger partial charge in [-0.25, -0.2) is 9.97 Å². The Morgan fingerprint density at radius 2 is 1.87 bits per heavy atom. The van der Waals surface area contributed by atoms with Crippen molar-refractivity contribution in [2.75, 3.05) is 18.4 Å². The number of ether oxygens (including phenoxy) is 1. The zero-order chi connectivity index (χ0) is 27.7. The highest BCUT2D eigenvalue weighted by atomic mass is 32.1. The van der Waals surface area contributed by atoms with Crippen LogP contribution < -0.4 is 10.1 Å². The number of carbonyl (C=O) groups is 1. The molecule has 2 aromatic heterocycles. The summed E-state index contributed by atoms with van der Waals surface area (Å²) in [6.07, 6.45) is -1.61. The molecule has 202 valence electrons. The Balaban J connectivity index is 1.54. The van der Waals surface area contributed by atoms with Gasteiger partial charge in [0.25, 0.3) is 0 Å². The molecule has 2 aromatic carbocycles. The summed E-state index contributed by atoms with van der Waals surface area (Å²) >= 11 is 1.32. The van der Waals surface area contributed by atoms with Crippen LogP contribution in [0.5, 0.6) is 11.6 Å². The third-order valence-electron chi connectivity index (χ3n) is 6.35. The van der Waals surface area contributed by atoms with Crippen molar-refractivity contribution in [3.63, 3.8) is 0 Å². The largest absolute Gasteiger partial charge is 0.437 e. The first-order valence-corrected chi connectivity index (χ1v) is 13.2. The Bertz CT molecular complexity index is 1550. The molecule has 0 aliphatic carbocycles. The Morgan fingerprint density at radius 1 is 1.10 bits per heavy atom. The van der Waals surface area contributed by atoms with Crippen molar-refractivity contribution in [1.82, 2.24) is 19.9 Å². The molecular formula is C28H26F3N5O2S. The lowest BCUT2D eigenvalue weighted by molar-refractivity contribution is -0.137. The summed E-state index contributed by atoms with van der Waals surface area (Å²) in [6.45, 7) is 7.29. The quantitative estimate of drug-likeness (QED) is 0.276. The standard InChI is InChI=1S/C28H26F3N5O2S/c1-16(2)36-13-11-19(12-14-36)26-33-21(18-7-9-20(10-8-18)28(29,30)31)15-24(34-26)38-22-5-4-6-23-25(22)35-27(39-23)32-17(3)37/h4-11,15-16H,12-14H2,1-3H3,(H,32,35,37). The second-order valence-electron chi connectivity index (χ2n) is 9.46. The Morgan fingerprint density at radius 3 is 2.51 bits per heavy atom. The van der Waals surface area contributed by atoms with Crippen molar-refractivity contribution < 1.29 is 22.7 Å². The normalized spacial score (nSPS) is 14.5. The molecule has 7 nitrogen and oxygen atoms in total. The Labute approximate surface area is 227 Å². The summed E-state index contributed by atoms with van der Waals surface area (Å²) < 4.78 is 46.4. The van der Waals surface area contributed by atoms with Crippen molar-refractivity contribution in [3.05, 3.63) is 66.0 Å². The number of alkyl halides is 3. The maximum absolute atomic E-state index is 13.1. The minimum absolute atomic E-state index is 0.227. The van der Waals surface area contributed by atoms with Crippen LogP contribution in [-0.4, -0.2) is 44.9 Å². The van der Waals surface area contributed by atoms with Gasteiger partial charge < -0.3 is 10.1 Å². The number of fused-ring (bicyclic) bond motifs is 1. The SMILES string of the molecule is CC(=O)Nc1nc2c(Oc3cc(-c4ccc(C(F)(F)F)cc4)nc(C4=CCN(C(C)C)CC4)n3)cccc2s1. The third kappa shape index (κ3) is 6.10. The van der Waals surface area contributed by atoms with Crippen LogP contribution in [-0.2, 0) is 11.0 Å². The van der Waals surface area contributed by atoms with E-state index in [1.165, 1.54) is 30.4 Å². The van der Waals surface area contributed by atoms with E-state index in [0.29, 0.717) is 39.5 Å². The molecule has 0 unspecified atom stereocenters. The summed E-state index contributed by atoms with van der Waals surface area (Å²) in [5, 5.41) is 3.14. The zero-order valence-electron chi connectivity index (χ0n) is 21.5. The Kier molecular flexibility index (Phi) is 7.37. The molecule has 39 heavy (non-hydrogen) atoms. The molecule has 3 heterocycles. The second kappa shape index (κ2) is 10.7. The number of anilines is 1. The molecule has 1 N–H and O–H groups in total. The van der Waals surface area contributed by atoms with E-state index in [4.69, 9.17) is 9.72 Å². The highest BCUT2D eigenvalue weighted by Gasteiger charge is 2.30. The predicted octanol–water partition coefficient (Wildman–Crippen LogP) is 7.02. The van der Waals surface area contributed by atoms with Gasteiger partial charge in [-0.1, -0.05) is 35.6 Å². The molecule has 0 fully saturated rings. The van der Waals surface area contributed by atoms with Crippen LogP contribution in [0.25, 0.3) is 27.0 Å². The van der Waals surface area contributed by atoms with Gasteiger partial charge in [0.2, 0.25) is 11.8 Å². The molecule has 0 saturated heterocycles. The van der Waals surface area contributed by atoms with E-state index >= 15 is 0 Å². The maximum atomic E-state index is 13.1. The first-order valence-electron chi connectivity index (χ1n) is 12.4. The molecule has 4 aromatic rings. The summed E-state index contributed by atoms with van der Waals surface area (Å²) in [6, 6.07) is 12.3. The van der Waals surface area contributed by atoms with Crippen LogP contribution in [0.3, 0.4) is 0 Å². The number of benzene rings is 2. The van der Waals surface area contributed by atoms with Gasteiger partial charge in [0.1, 0.15) is 5.52 Å². The molecule has 1 aliphatic rings. The fourth-order valence-corrected chi connectivity index (χ4v) is 5.21. The number of halogens is 3. The first-order chi connectivity index (χ1) is 18.6. The van der Waals surface area contributed by atoms with Gasteiger partial charge in [-0.2, -0.15) is 18.2 Å². The molecule has 0 radical (unpaired) electrons. The average Bonchev–Trinajstić information content (AvgIpc) is 3.31. The lowest BCUT2D eigenvalue weighted by Crippen LogP contribution is -2.34. The minimum atomic E-state index is -4.43. The minimum Gasteiger partial charge on any atom is -0.437 e. The van der Waals surface area contributed by atoms with E-state index in [0.717, 1.165) is 41.9 Å². The van der Waals surface area contributed by atoms with Crippen molar-refractivity contribution in [1.29, 1.82) is 0 Å². The predicted molar refractivity (Wildman–Crippen MR) is 146 cm³/mol. The molecule has 1 aliphatic heterocycles. The van der Waals surface area contributed by atoms with Crippen LogP contribution in [0.1, 0.15) is 38.6 Å². The monoisotopic (exact) mass is 553 g/mol. The number of para-hydroxylation sites is 1. The van der Waals surface area contributed by atoms with Crippen LogP contribution in [0.15, 0.2) is 54.6 Å². The number of carbonyl (C=O) groups excluding carboxylic acids is 1. The van der Waals surface area contributed by atoms with Crippen LogP contribution in [0, 0.1) is 0 Å². The summed E-state index contributed by atoms with van der Waals surface area (Å²) in [5.74, 6) is 0.917. The van der Waals surface area contributed by atoms with Gasteiger partial charge in [-0.3, -0.25) is 9.69 Å². The number of nitrogens with one attached hydrogen (secondary N) is 1. The third-order valence-corrected chi connectivity index (χ3v) is 7.28. The molecule has 0 atom stereocenters. The number of amides is 1. The fourth-order valence-electron chi connectivity index (χ4n) is 4.28. The van der Waals surface area contributed by atoms with Gasteiger partial charge in [0.15, 0.2) is 16.7 Å². The van der Waals surface area contributed by atoms with Crippen molar-refractivity contribution >= 4 is 38.2 Å². The highest BCUT2D eigenvalue weighted by Crippen LogP contribution is 2.36. The molecule has 11 heteroatoms. The molecule has 0 saturated carbocycles. The van der Waals surface area contributed by atoms with Gasteiger partial charge in [-0.05, 0) is 50.1 Å². The molecule has 1 amide bonds. The van der Waals surface area contributed by atoms with Crippen LogP contribution in [0.2, 0.25) is 0 Å². The molecule has 0 spiro atoms. The zero-order valence-corrected chi connectivity index (χ0v) is 22.4. The first kappa shape index (κ1) is 26.8. The summed E-state index contributed by atoms with van der Waals surface area (Å²) in [4.78, 5) is 27.7. The average molecular weight is 554 g/mol. The lowest BCUT2D eigenvalue weighted by Gasteiger charge is -2.29. The van der Waals surface area contributed by atoms with Gasteiger partial charge in [0, 0.05) is 37.7 Å². The van der Waals surface area contributed by atoms with E-state index in [-0.39, 0.29) is 11.8 Å². The van der Waals surface area contributed by atoms with E-state index in [1.807, 2.05) is 12.1 Å². The maximum Gasteiger partial charge on any atom is 0.416 e. The highest BCUT2D eigenvalue weighted by molar-refractivity contribution is 7.22. The summed E-state index contributed by atoms with van der Waals surface area (Å²) in [7, 11) is 0.